The average Bonchev–Trinajstić information content (AvgIpc) is 3.66. The molecule has 140 valence electrons. The van der Waals surface area contributed by atoms with E-state index in [2.05, 4.69) is 35.2 Å². The van der Waals surface area contributed by atoms with Gasteiger partial charge in [0.05, 0.1) is 11.7 Å². The van der Waals surface area contributed by atoms with Crippen molar-refractivity contribution in [2.75, 3.05) is 6.54 Å². The third kappa shape index (κ3) is 2.46. The molecule has 1 N–H and O–H groups in total. The summed E-state index contributed by atoms with van der Waals surface area (Å²) in [6.07, 6.45) is 0. The highest BCUT2D eigenvalue weighted by Gasteiger charge is 2.30. The number of nitriles is 5. The molecule has 3 aromatic heterocycles. The molecule has 12 nitrogen and oxygen atoms in total. The van der Waals surface area contributed by atoms with Gasteiger partial charge in [-0.2, -0.15) is 26.3 Å². The summed E-state index contributed by atoms with van der Waals surface area (Å²) in [5.74, 6) is 0. The van der Waals surface area contributed by atoms with Gasteiger partial charge in [-0.05, 0) is 0 Å². The second-order valence-corrected chi connectivity index (χ2v) is 6.41. The van der Waals surface area contributed by atoms with Gasteiger partial charge in [0.15, 0.2) is 28.5 Å². The number of nitrogens with zero attached hydrogens (tertiary/aromatic N) is 11. The normalized spacial score (nSPS) is 14.4. The van der Waals surface area contributed by atoms with Crippen LogP contribution in [0, 0.1) is 56.7 Å². The van der Waals surface area contributed by atoms with Gasteiger partial charge >= 0.3 is 0 Å². The van der Waals surface area contributed by atoms with Gasteiger partial charge in [0.2, 0.25) is 0 Å². The minimum atomic E-state index is -0.243. The van der Waals surface area contributed by atoms with Crippen molar-refractivity contribution in [2.24, 2.45) is 0 Å². The van der Waals surface area contributed by atoms with E-state index >= 15 is 0 Å². The summed E-state index contributed by atoms with van der Waals surface area (Å²) in [6, 6.07) is 9.09. The van der Waals surface area contributed by atoms with E-state index in [-0.39, 0.29) is 67.6 Å². The Balaban J connectivity index is 2.10. The second-order valence-electron chi connectivity index (χ2n) is 6.41. The third-order valence-electron chi connectivity index (χ3n) is 4.66. The summed E-state index contributed by atoms with van der Waals surface area (Å²) in [5.41, 5.74) is 0.223. The van der Waals surface area contributed by atoms with Gasteiger partial charge in [-0.1, -0.05) is 0 Å². The standard InChI is InChI=1S/C19H4N12/c20-1-7-8(2-21)28-16-14(26-7)15-17(29-10(4-23)9(3-22)27-15)19-18(16)30-11(5-24)13(31-19)12-6-25-12/h12,25H,6H2. The topological polar surface area (TPSA) is 218 Å². The zero-order valence-electron chi connectivity index (χ0n) is 15.2. The highest BCUT2D eigenvalue weighted by molar-refractivity contribution is 6.18. The second kappa shape index (κ2) is 6.34. The summed E-state index contributed by atoms with van der Waals surface area (Å²) in [7, 11) is 0. The highest BCUT2D eigenvalue weighted by Crippen LogP contribution is 2.33. The minimum absolute atomic E-state index is 0.0574. The monoisotopic (exact) mass is 400 g/mol. The number of rotatable bonds is 1. The van der Waals surface area contributed by atoms with Crippen LogP contribution in [0.25, 0.3) is 33.1 Å². The third-order valence-corrected chi connectivity index (χ3v) is 4.66. The van der Waals surface area contributed by atoms with Crippen LogP contribution < -0.4 is 5.32 Å². The molecule has 0 amide bonds. The summed E-state index contributed by atoms with van der Waals surface area (Å²) in [6.45, 7) is 0.623. The fraction of sp³-hybridized carbons (Fsp3) is 0.105. The van der Waals surface area contributed by atoms with Gasteiger partial charge in [0, 0.05) is 6.54 Å². The molecule has 0 radical (unpaired) electrons. The number of nitrogens with one attached hydrogen (secondary N) is 1. The van der Waals surface area contributed by atoms with Crippen LogP contribution in [0.5, 0.6) is 0 Å². The first-order chi connectivity index (χ1) is 15.1. The summed E-state index contributed by atoms with van der Waals surface area (Å²) in [4.78, 5) is 25.8. The lowest BCUT2D eigenvalue weighted by molar-refractivity contribution is 0.977. The Bertz CT molecular complexity index is 1650. The van der Waals surface area contributed by atoms with E-state index in [4.69, 9.17) is 0 Å². The summed E-state index contributed by atoms with van der Waals surface area (Å²) < 4.78 is 0. The van der Waals surface area contributed by atoms with Crippen molar-refractivity contribution in [1.29, 1.82) is 26.3 Å². The first-order valence-electron chi connectivity index (χ1n) is 8.64. The predicted molar refractivity (Wildman–Crippen MR) is 100 cm³/mol. The Labute approximate surface area is 172 Å². The largest absolute Gasteiger partial charge is 0.306 e. The van der Waals surface area contributed by atoms with Gasteiger partial charge in [0.25, 0.3) is 0 Å². The molecule has 1 saturated heterocycles. The van der Waals surface area contributed by atoms with Crippen LogP contribution in [0.15, 0.2) is 0 Å². The number of benzene rings is 1. The molecule has 1 aliphatic heterocycles. The van der Waals surface area contributed by atoms with Crippen molar-refractivity contribution in [3.63, 3.8) is 0 Å². The smallest absolute Gasteiger partial charge is 0.177 e. The molecule has 5 rings (SSSR count). The Morgan fingerprint density at radius 2 is 0.806 bits per heavy atom. The fourth-order valence-electron chi connectivity index (χ4n) is 3.20. The molecule has 31 heavy (non-hydrogen) atoms. The molecular formula is C19H4N12. The van der Waals surface area contributed by atoms with Crippen LogP contribution in [-0.4, -0.2) is 36.4 Å². The lowest BCUT2D eigenvalue weighted by atomic mass is 10.1. The molecule has 0 spiro atoms. The maximum Gasteiger partial charge on any atom is 0.177 e. The Kier molecular flexibility index (Phi) is 3.62. The molecule has 4 aromatic rings. The van der Waals surface area contributed by atoms with Crippen molar-refractivity contribution in [3.05, 3.63) is 34.2 Å². The lowest BCUT2D eigenvalue weighted by Crippen LogP contribution is -2.06. The molecule has 4 heterocycles. The lowest BCUT2D eigenvalue weighted by Gasteiger charge is -2.10. The van der Waals surface area contributed by atoms with Gasteiger partial charge in [-0.15, -0.1) is 0 Å². The van der Waals surface area contributed by atoms with Gasteiger partial charge in [-0.25, -0.2) is 29.9 Å². The molecule has 1 fully saturated rings. The molecule has 1 aliphatic rings. The molecule has 0 bridgehead atoms. The van der Waals surface area contributed by atoms with Crippen molar-refractivity contribution in [3.8, 4) is 30.3 Å². The minimum Gasteiger partial charge on any atom is -0.306 e. The zero-order chi connectivity index (χ0) is 21.7. The van der Waals surface area contributed by atoms with Gasteiger partial charge in [-0.3, -0.25) is 0 Å². The molecule has 0 aliphatic carbocycles. The molecule has 1 unspecified atom stereocenters. The quantitative estimate of drug-likeness (QED) is 0.341. The van der Waals surface area contributed by atoms with E-state index in [1.807, 2.05) is 24.3 Å². The summed E-state index contributed by atoms with van der Waals surface area (Å²) in [5, 5.41) is 50.1. The number of aromatic nitrogens is 6. The van der Waals surface area contributed by atoms with Crippen LogP contribution >= 0.6 is 0 Å². The number of fused-ring (bicyclic) bond motifs is 6. The molecular weight excluding hydrogens is 396 g/mol. The molecule has 12 heteroatoms. The molecule has 1 atom stereocenters. The van der Waals surface area contributed by atoms with Crippen molar-refractivity contribution in [1.82, 2.24) is 35.2 Å². The number of hydrogen-bond acceptors (Lipinski definition) is 12. The van der Waals surface area contributed by atoms with Crippen molar-refractivity contribution < 1.29 is 0 Å². The van der Waals surface area contributed by atoms with E-state index in [1.54, 1.807) is 6.07 Å². The van der Waals surface area contributed by atoms with Crippen LogP contribution in [-0.2, 0) is 0 Å². The van der Waals surface area contributed by atoms with Crippen LogP contribution in [0.3, 0.4) is 0 Å². The van der Waals surface area contributed by atoms with Gasteiger partial charge < -0.3 is 5.32 Å². The molecule has 0 saturated carbocycles. The predicted octanol–water partition coefficient (Wildman–Crippen LogP) is 0.519. The fourth-order valence-corrected chi connectivity index (χ4v) is 3.20. The zero-order valence-corrected chi connectivity index (χ0v) is 15.2. The van der Waals surface area contributed by atoms with E-state index in [9.17, 15) is 26.3 Å². The van der Waals surface area contributed by atoms with Crippen molar-refractivity contribution >= 4 is 33.1 Å². The Hall–Kier alpha value is -5.35. The maximum atomic E-state index is 9.55. The first-order valence-corrected chi connectivity index (χ1v) is 8.64. The van der Waals surface area contributed by atoms with Crippen molar-refractivity contribution in [2.45, 2.75) is 6.04 Å². The average molecular weight is 400 g/mol. The van der Waals surface area contributed by atoms with Crippen LogP contribution in [0.4, 0.5) is 0 Å². The SMILES string of the molecule is N#Cc1nc2c3nc(C#N)c(C#N)nc3c3nc(C4CN4)c(C#N)nc3c2nc1C#N. The van der Waals surface area contributed by atoms with E-state index in [1.165, 1.54) is 0 Å². The van der Waals surface area contributed by atoms with E-state index in [0.717, 1.165) is 0 Å². The molecule has 1 aromatic carbocycles. The van der Waals surface area contributed by atoms with Crippen LogP contribution in [0.1, 0.15) is 40.2 Å². The summed E-state index contributed by atoms with van der Waals surface area (Å²) >= 11 is 0. The highest BCUT2D eigenvalue weighted by atomic mass is 15.1. The Morgan fingerprint density at radius 1 is 0.516 bits per heavy atom. The van der Waals surface area contributed by atoms with E-state index < -0.39 is 0 Å². The van der Waals surface area contributed by atoms with Crippen LogP contribution in [0.2, 0.25) is 0 Å². The van der Waals surface area contributed by atoms with Gasteiger partial charge in [0.1, 0.15) is 63.4 Å². The van der Waals surface area contributed by atoms with E-state index in [0.29, 0.717) is 12.2 Å². The Morgan fingerprint density at radius 3 is 1.10 bits per heavy atom. The maximum absolute atomic E-state index is 9.55. The first kappa shape index (κ1) is 17.7. The number of hydrogen-bond donors (Lipinski definition) is 1.